The lowest BCUT2D eigenvalue weighted by Crippen LogP contribution is -2.52. The first-order chi connectivity index (χ1) is 8.05. The van der Waals surface area contributed by atoms with Crippen LogP contribution >= 0.6 is 0 Å². The zero-order valence-electron chi connectivity index (χ0n) is 11.0. The Morgan fingerprint density at radius 1 is 0.941 bits per heavy atom. The Balaban J connectivity index is 1.80. The molecule has 2 saturated heterocycles. The topological polar surface area (TPSA) is 34.0 Å². The normalized spacial score (nSPS) is 34.2. The standard InChI is InChI=1S/C13H22N4/c1-13(2,3)17-10-4-5-11(17)7-12(6-10)16-8-14-15-9-16/h8-12H,4-7H2,1-3H3. The molecule has 2 aliphatic rings. The molecule has 94 valence electrons. The van der Waals surface area contributed by atoms with E-state index in [1.807, 2.05) is 12.7 Å². The molecule has 2 unspecified atom stereocenters. The minimum absolute atomic E-state index is 0.310. The van der Waals surface area contributed by atoms with E-state index in [2.05, 4.69) is 40.4 Å². The Kier molecular flexibility index (Phi) is 2.51. The zero-order chi connectivity index (χ0) is 12.0. The summed E-state index contributed by atoms with van der Waals surface area (Å²) in [5.41, 5.74) is 0.310. The highest BCUT2D eigenvalue weighted by atomic mass is 15.3. The van der Waals surface area contributed by atoms with Crippen molar-refractivity contribution < 1.29 is 0 Å². The van der Waals surface area contributed by atoms with Gasteiger partial charge in [-0.2, -0.15) is 0 Å². The van der Waals surface area contributed by atoms with Crippen molar-refractivity contribution in [3.63, 3.8) is 0 Å². The Hall–Kier alpha value is -0.900. The second-order valence-corrected chi connectivity index (χ2v) is 6.50. The molecule has 3 heterocycles. The van der Waals surface area contributed by atoms with E-state index in [-0.39, 0.29) is 0 Å². The van der Waals surface area contributed by atoms with Crippen molar-refractivity contribution in [1.29, 1.82) is 0 Å². The van der Waals surface area contributed by atoms with Crippen LogP contribution in [0.2, 0.25) is 0 Å². The van der Waals surface area contributed by atoms with Gasteiger partial charge < -0.3 is 4.57 Å². The molecule has 0 aromatic carbocycles. The molecule has 0 amide bonds. The van der Waals surface area contributed by atoms with Gasteiger partial charge in [-0.1, -0.05) is 0 Å². The Morgan fingerprint density at radius 2 is 1.47 bits per heavy atom. The van der Waals surface area contributed by atoms with Gasteiger partial charge >= 0.3 is 0 Å². The first kappa shape index (κ1) is 11.2. The van der Waals surface area contributed by atoms with Crippen LogP contribution in [0.25, 0.3) is 0 Å². The molecule has 0 N–H and O–H groups in total. The van der Waals surface area contributed by atoms with Crippen molar-refractivity contribution in [3.05, 3.63) is 12.7 Å². The summed E-state index contributed by atoms with van der Waals surface area (Å²) in [7, 11) is 0. The van der Waals surface area contributed by atoms with Gasteiger partial charge in [0, 0.05) is 23.7 Å². The molecule has 0 saturated carbocycles. The molecule has 2 fully saturated rings. The average Bonchev–Trinajstić information content (AvgIpc) is 2.84. The summed E-state index contributed by atoms with van der Waals surface area (Å²) >= 11 is 0. The maximum absolute atomic E-state index is 3.93. The van der Waals surface area contributed by atoms with Gasteiger partial charge in [0.1, 0.15) is 12.7 Å². The Morgan fingerprint density at radius 3 is 1.94 bits per heavy atom. The third kappa shape index (κ3) is 1.88. The molecular weight excluding hydrogens is 212 g/mol. The van der Waals surface area contributed by atoms with Gasteiger partial charge in [-0.25, -0.2) is 0 Å². The molecule has 4 nitrogen and oxygen atoms in total. The molecule has 2 aliphatic heterocycles. The van der Waals surface area contributed by atoms with Crippen LogP contribution in [0.5, 0.6) is 0 Å². The van der Waals surface area contributed by atoms with Crippen molar-refractivity contribution >= 4 is 0 Å². The smallest absolute Gasteiger partial charge is 0.119 e. The van der Waals surface area contributed by atoms with E-state index in [9.17, 15) is 0 Å². The van der Waals surface area contributed by atoms with E-state index >= 15 is 0 Å². The summed E-state index contributed by atoms with van der Waals surface area (Å²) in [5.74, 6) is 0. The third-order valence-corrected chi connectivity index (χ3v) is 4.34. The monoisotopic (exact) mass is 234 g/mol. The summed E-state index contributed by atoms with van der Waals surface area (Å²) in [6.07, 6.45) is 8.98. The van der Waals surface area contributed by atoms with Gasteiger partial charge in [0.25, 0.3) is 0 Å². The van der Waals surface area contributed by atoms with Crippen LogP contribution in [-0.4, -0.2) is 37.3 Å². The Bertz CT molecular complexity index is 365. The van der Waals surface area contributed by atoms with E-state index in [1.54, 1.807) is 0 Å². The second kappa shape index (κ2) is 3.80. The molecule has 1 aromatic rings. The first-order valence-electron chi connectivity index (χ1n) is 6.68. The number of fused-ring (bicyclic) bond motifs is 2. The molecule has 3 rings (SSSR count). The molecule has 0 aliphatic carbocycles. The fourth-order valence-electron chi connectivity index (χ4n) is 3.88. The van der Waals surface area contributed by atoms with Crippen molar-refractivity contribution in [3.8, 4) is 0 Å². The summed E-state index contributed by atoms with van der Waals surface area (Å²) in [6.45, 7) is 7.03. The van der Waals surface area contributed by atoms with Gasteiger partial charge in [0.05, 0.1) is 0 Å². The van der Waals surface area contributed by atoms with Gasteiger partial charge in [0.2, 0.25) is 0 Å². The summed E-state index contributed by atoms with van der Waals surface area (Å²) in [6, 6.07) is 2.11. The predicted molar refractivity (Wildman–Crippen MR) is 66.7 cm³/mol. The van der Waals surface area contributed by atoms with Crippen LogP contribution in [0.3, 0.4) is 0 Å². The van der Waals surface area contributed by atoms with Crippen LogP contribution in [0.4, 0.5) is 0 Å². The Labute approximate surface area is 103 Å². The molecule has 17 heavy (non-hydrogen) atoms. The van der Waals surface area contributed by atoms with Crippen LogP contribution in [0, 0.1) is 0 Å². The molecule has 2 bridgehead atoms. The second-order valence-electron chi connectivity index (χ2n) is 6.50. The van der Waals surface area contributed by atoms with Gasteiger partial charge in [0.15, 0.2) is 0 Å². The minimum atomic E-state index is 0.310. The fourth-order valence-corrected chi connectivity index (χ4v) is 3.88. The summed E-state index contributed by atoms with van der Waals surface area (Å²) < 4.78 is 2.20. The maximum Gasteiger partial charge on any atom is 0.119 e. The van der Waals surface area contributed by atoms with Crippen molar-refractivity contribution in [2.45, 2.75) is 70.1 Å². The number of nitrogens with zero attached hydrogens (tertiary/aromatic N) is 4. The number of aromatic nitrogens is 3. The zero-order valence-corrected chi connectivity index (χ0v) is 11.0. The number of piperidine rings is 1. The summed E-state index contributed by atoms with van der Waals surface area (Å²) in [4.78, 5) is 2.74. The van der Waals surface area contributed by atoms with E-state index in [0.29, 0.717) is 11.6 Å². The molecule has 4 heteroatoms. The molecule has 1 aromatic heterocycles. The van der Waals surface area contributed by atoms with Crippen LogP contribution in [-0.2, 0) is 0 Å². The lowest BCUT2D eigenvalue weighted by atomic mass is 9.91. The number of rotatable bonds is 1. The fraction of sp³-hybridized carbons (Fsp3) is 0.846. The van der Waals surface area contributed by atoms with Crippen LogP contribution in [0.1, 0.15) is 52.5 Å². The van der Waals surface area contributed by atoms with E-state index in [4.69, 9.17) is 0 Å². The quantitative estimate of drug-likeness (QED) is 0.747. The number of hydrogen-bond donors (Lipinski definition) is 0. The van der Waals surface area contributed by atoms with E-state index < -0.39 is 0 Å². The van der Waals surface area contributed by atoms with Crippen molar-refractivity contribution in [2.75, 3.05) is 0 Å². The van der Waals surface area contributed by atoms with Crippen LogP contribution in [0.15, 0.2) is 12.7 Å². The average molecular weight is 234 g/mol. The van der Waals surface area contributed by atoms with E-state index in [1.165, 1.54) is 25.7 Å². The first-order valence-corrected chi connectivity index (χ1v) is 6.68. The predicted octanol–water partition coefficient (Wildman–Crippen LogP) is 2.24. The SMILES string of the molecule is CC(C)(C)N1C2CCC1CC(n1cnnc1)C2. The maximum atomic E-state index is 3.93. The van der Waals surface area contributed by atoms with Gasteiger partial charge in [-0.05, 0) is 46.5 Å². The van der Waals surface area contributed by atoms with Gasteiger partial charge in [-0.3, -0.25) is 4.90 Å². The molecule has 2 atom stereocenters. The molecular formula is C13H22N4. The van der Waals surface area contributed by atoms with E-state index in [0.717, 1.165) is 12.1 Å². The molecule has 0 radical (unpaired) electrons. The highest BCUT2D eigenvalue weighted by Gasteiger charge is 2.45. The highest BCUT2D eigenvalue weighted by Crippen LogP contribution is 2.44. The number of hydrogen-bond acceptors (Lipinski definition) is 3. The highest BCUT2D eigenvalue weighted by molar-refractivity contribution is 5.01. The lowest BCUT2D eigenvalue weighted by Gasteiger charge is -2.46. The van der Waals surface area contributed by atoms with Crippen molar-refractivity contribution in [1.82, 2.24) is 19.7 Å². The van der Waals surface area contributed by atoms with Crippen molar-refractivity contribution in [2.24, 2.45) is 0 Å². The van der Waals surface area contributed by atoms with Gasteiger partial charge in [-0.15, -0.1) is 10.2 Å². The lowest BCUT2D eigenvalue weighted by molar-refractivity contribution is 0.0248. The molecule has 0 spiro atoms. The largest absolute Gasteiger partial charge is 0.317 e. The summed E-state index contributed by atoms with van der Waals surface area (Å²) in [5, 5.41) is 7.87. The minimum Gasteiger partial charge on any atom is -0.317 e. The third-order valence-electron chi connectivity index (χ3n) is 4.34. The van der Waals surface area contributed by atoms with Crippen LogP contribution < -0.4 is 0 Å².